The van der Waals surface area contributed by atoms with E-state index >= 15 is 0 Å². The van der Waals surface area contributed by atoms with Crippen molar-refractivity contribution in [1.29, 1.82) is 0 Å². The lowest BCUT2D eigenvalue weighted by Gasteiger charge is -2.36. The zero-order valence-corrected chi connectivity index (χ0v) is 19.7. The minimum Gasteiger partial charge on any atom is -0.361 e. The zero-order chi connectivity index (χ0) is 23.6. The van der Waals surface area contributed by atoms with Crippen LogP contribution >= 0.6 is 0 Å². The van der Waals surface area contributed by atoms with Crippen LogP contribution in [0.3, 0.4) is 0 Å². The summed E-state index contributed by atoms with van der Waals surface area (Å²) in [5.41, 5.74) is 2.11. The molecule has 1 aliphatic heterocycles. The normalized spacial score (nSPS) is 18.2. The molecule has 0 spiro atoms. The molecule has 3 heterocycles. The molecule has 1 fully saturated rings. The Labute approximate surface area is 193 Å². The van der Waals surface area contributed by atoms with E-state index in [1.165, 1.54) is 0 Å². The van der Waals surface area contributed by atoms with Gasteiger partial charge in [-0.2, -0.15) is 5.10 Å². The first-order valence-corrected chi connectivity index (χ1v) is 11.4. The van der Waals surface area contributed by atoms with Crippen molar-refractivity contribution < 1.29 is 14.1 Å². The molecule has 4 rings (SSSR count). The van der Waals surface area contributed by atoms with Crippen molar-refractivity contribution in [2.24, 2.45) is 13.0 Å². The van der Waals surface area contributed by atoms with E-state index in [0.717, 1.165) is 17.5 Å². The highest BCUT2D eigenvalue weighted by Crippen LogP contribution is 2.35. The Morgan fingerprint density at radius 3 is 2.64 bits per heavy atom. The lowest BCUT2D eigenvalue weighted by molar-refractivity contribution is -0.131. The maximum Gasteiger partial charge on any atom is 0.275 e. The fourth-order valence-corrected chi connectivity index (χ4v) is 4.35. The monoisotopic (exact) mass is 449 g/mol. The third kappa shape index (κ3) is 4.69. The van der Waals surface area contributed by atoms with Crippen LogP contribution in [0, 0.1) is 12.8 Å². The van der Waals surface area contributed by atoms with E-state index in [9.17, 15) is 9.59 Å². The van der Waals surface area contributed by atoms with Gasteiger partial charge in [-0.15, -0.1) is 0 Å². The van der Waals surface area contributed by atoms with Crippen LogP contribution in [0.2, 0.25) is 0 Å². The Bertz CT molecular complexity index is 1130. The van der Waals surface area contributed by atoms with Crippen molar-refractivity contribution in [3.8, 4) is 11.3 Å². The number of likely N-dealkylation sites (tertiary alicyclic amines) is 1. The highest BCUT2D eigenvalue weighted by atomic mass is 16.5. The lowest BCUT2D eigenvalue weighted by Crippen LogP contribution is -2.59. The van der Waals surface area contributed by atoms with Crippen LogP contribution in [0.1, 0.15) is 48.5 Å². The van der Waals surface area contributed by atoms with Crippen molar-refractivity contribution in [3.63, 3.8) is 0 Å². The molecule has 0 radical (unpaired) electrons. The average molecular weight is 450 g/mol. The van der Waals surface area contributed by atoms with Crippen molar-refractivity contribution in [2.75, 3.05) is 13.1 Å². The summed E-state index contributed by atoms with van der Waals surface area (Å²) >= 11 is 0. The predicted octanol–water partition coefficient (Wildman–Crippen LogP) is 3.37. The Hall–Kier alpha value is -3.42. The van der Waals surface area contributed by atoms with Crippen LogP contribution < -0.4 is 5.32 Å². The third-order valence-electron chi connectivity index (χ3n) is 6.13. The van der Waals surface area contributed by atoms with Crippen LogP contribution in [0.4, 0.5) is 0 Å². The van der Waals surface area contributed by atoms with E-state index in [0.29, 0.717) is 42.6 Å². The number of amides is 2. The summed E-state index contributed by atoms with van der Waals surface area (Å²) in [6.45, 7) is 7.15. The first-order valence-electron chi connectivity index (χ1n) is 11.4. The molecule has 2 amide bonds. The van der Waals surface area contributed by atoms with Crippen molar-refractivity contribution >= 4 is 11.8 Å². The summed E-state index contributed by atoms with van der Waals surface area (Å²) < 4.78 is 7.25. The van der Waals surface area contributed by atoms with Crippen molar-refractivity contribution in [1.82, 2.24) is 25.2 Å². The maximum atomic E-state index is 13.5. The molecule has 0 bridgehead atoms. The largest absolute Gasteiger partial charge is 0.361 e. The summed E-state index contributed by atoms with van der Waals surface area (Å²) in [7, 11) is 1.77. The molecule has 33 heavy (non-hydrogen) atoms. The summed E-state index contributed by atoms with van der Waals surface area (Å²) in [5.74, 6) is 0.467. The second-order valence-electron chi connectivity index (χ2n) is 9.29. The summed E-state index contributed by atoms with van der Waals surface area (Å²) in [4.78, 5) is 28.6. The summed E-state index contributed by atoms with van der Waals surface area (Å²) in [6, 6.07) is 11.6. The van der Waals surface area contributed by atoms with Crippen LogP contribution in [-0.4, -0.2) is 50.3 Å². The molecule has 1 N–H and O–H groups in total. The molecule has 1 atom stereocenters. The minimum absolute atomic E-state index is 0.161. The number of hydrogen-bond acceptors (Lipinski definition) is 5. The van der Waals surface area contributed by atoms with Crippen molar-refractivity contribution in [2.45, 2.75) is 45.6 Å². The molecule has 8 heteroatoms. The Morgan fingerprint density at radius 1 is 1.21 bits per heavy atom. The summed E-state index contributed by atoms with van der Waals surface area (Å²) in [6.07, 6.45) is 3.27. The number of hydrogen-bond donors (Lipinski definition) is 1. The smallest absolute Gasteiger partial charge is 0.275 e. The van der Waals surface area contributed by atoms with Gasteiger partial charge in [0.05, 0.1) is 0 Å². The zero-order valence-electron chi connectivity index (χ0n) is 19.7. The highest BCUT2D eigenvalue weighted by molar-refractivity contribution is 5.98. The SMILES string of the molecule is Cc1ccc(-c2cc(C[C@@]3(C(=O)NCC(C)C)CCCN3C(=O)c3ccn(C)n3)on2)cc1. The lowest BCUT2D eigenvalue weighted by atomic mass is 9.88. The van der Waals surface area contributed by atoms with E-state index in [1.807, 2.05) is 51.1 Å². The fourth-order valence-electron chi connectivity index (χ4n) is 4.35. The number of nitrogens with one attached hydrogen (secondary N) is 1. The van der Waals surface area contributed by atoms with E-state index in [-0.39, 0.29) is 18.2 Å². The molecule has 1 saturated heterocycles. The number of benzene rings is 1. The van der Waals surface area contributed by atoms with Crippen LogP contribution in [0.5, 0.6) is 0 Å². The molecule has 0 saturated carbocycles. The number of carbonyl (C=O) groups excluding carboxylic acids is 2. The molecule has 174 valence electrons. The molecule has 3 aromatic rings. The molecular formula is C25H31N5O3. The second kappa shape index (κ2) is 9.21. The topological polar surface area (TPSA) is 93.3 Å². The highest BCUT2D eigenvalue weighted by Gasteiger charge is 2.51. The van der Waals surface area contributed by atoms with Gasteiger partial charge in [-0.1, -0.05) is 48.8 Å². The fraction of sp³-hybridized carbons (Fsp3) is 0.440. The Kier molecular flexibility index (Phi) is 6.35. The van der Waals surface area contributed by atoms with E-state index < -0.39 is 5.54 Å². The van der Waals surface area contributed by atoms with Crippen LogP contribution in [0.25, 0.3) is 11.3 Å². The van der Waals surface area contributed by atoms with E-state index in [1.54, 1.807) is 28.9 Å². The molecule has 0 aliphatic carbocycles. The van der Waals surface area contributed by atoms with Gasteiger partial charge in [0.15, 0.2) is 0 Å². The van der Waals surface area contributed by atoms with Crippen molar-refractivity contribution in [3.05, 3.63) is 59.6 Å². The van der Waals surface area contributed by atoms with Gasteiger partial charge in [0.2, 0.25) is 5.91 Å². The molecule has 0 unspecified atom stereocenters. The van der Waals surface area contributed by atoms with Gasteiger partial charge in [0.1, 0.15) is 22.7 Å². The molecule has 2 aromatic heterocycles. The summed E-state index contributed by atoms with van der Waals surface area (Å²) in [5, 5.41) is 11.5. The van der Waals surface area contributed by atoms with E-state index in [4.69, 9.17) is 4.52 Å². The number of aryl methyl sites for hydroxylation is 2. The van der Waals surface area contributed by atoms with E-state index in [2.05, 4.69) is 15.6 Å². The third-order valence-corrected chi connectivity index (χ3v) is 6.13. The van der Waals surface area contributed by atoms with Crippen LogP contribution in [-0.2, 0) is 18.3 Å². The first kappa shape index (κ1) is 22.8. The van der Waals surface area contributed by atoms with Gasteiger partial charge in [0, 0.05) is 44.4 Å². The number of aromatic nitrogens is 3. The minimum atomic E-state index is -1.05. The standard InChI is InChI=1S/C25H31N5O3/c1-17(2)16-26-24(32)25(11-5-12-30(25)23(31)21-10-13-29(4)27-21)15-20-14-22(28-33-20)19-8-6-18(3)7-9-19/h6-10,13-14,17H,5,11-12,15-16H2,1-4H3,(H,26,32)/t25-/m1/s1. The van der Waals surface area contributed by atoms with Crippen LogP contribution in [0.15, 0.2) is 47.1 Å². The quantitative estimate of drug-likeness (QED) is 0.597. The van der Waals surface area contributed by atoms with Gasteiger partial charge in [-0.3, -0.25) is 14.3 Å². The Morgan fingerprint density at radius 2 is 1.97 bits per heavy atom. The number of rotatable bonds is 7. The van der Waals surface area contributed by atoms with Gasteiger partial charge in [-0.25, -0.2) is 0 Å². The average Bonchev–Trinajstić information content (AvgIpc) is 3.53. The number of carbonyl (C=O) groups is 2. The van der Waals surface area contributed by atoms with Gasteiger partial charge in [-0.05, 0) is 31.7 Å². The molecule has 1 aromatic carbocycles. The molecule has 1 aliphatic rings. The first-order chi connectivity index (χ1) is 15.8. The maximum absolute atomic E-state index is 13.5. The molecular weight excluding hydrogens is 418 g/mol. The molecule has 8 nitrogen and oxygen atoms in total. The van der Waals surface area contributed by atoms with Gasteiger partial charge >= 0.3 is 0 Å². The predicted molar refractivity (Wildman–Crippen MR) is 124 cm³/mol. The number of nitrogens with zero attached hydrogens (tertiary/aromatic N) is 4. The van der Waals surface area contributed by atoms with Gasteiger partial charge in [0.25, 0.3) is 5.91 Å². The Balaban J connectivity index is 1.65. The second-order valence-corrected chi connectivity index (χ2v) is 9.29. The van der Waals surface area contributed by atoms with Gasteiger partial charge < -0.3 is 14.7 Å².